The molecule has 1 aromatic carbocycles. The zero-order valence-corrected chi connectivity index (χ0v) is 14.0. The number of amides is 1. The monoisotopic (exact) mass is 340 g/mol. The van der Waals surface area contributed by atoms with Gasteiger partial charge in [0.05, 0.1) is 30.5 Å². The molecular weight excluding hydrogens is 320 g/mol. The molecule has 0 radical (unpaired) electrons. The summed E-state index contributed by atoms with van der Waals surface area (Å²) in [4.78, 5) is 26.3. The summed E-state index contributed by atoms with van der Waals surface area (Å²) in [5, 5.41) is 7.19. The molecule has 3 aromatic rings. The second-order valence-corrected chi connectivity index (χ2v) is 6.14. The summed E-state index contributed by atoms with van der Waals surface area (Å²) in [5.74, 6) is 1.45. The van der Waals surface area contributed by atoms with Gasteiger partial charge in [0.1, 0.15) is 11.9 Å². The van der Waals surface area contributed by atoms with Gasteiger partial charge in [0.15, 0.2) is 5.82 Å². The lowest BCUT2D eigenvalue weighted by Gasteiger charge is -2.31. The van der Waals surface area contributed by atoms with E-state index < -0.39 is 0 Å². The maximum absolute atomic E-state index is 12.8. The normalized spacial score (nSPS) is 18.0. The van der Waals surface area contributed by atoms with Crippen molar-refractivity contribution in [1.29, 1.82) is 0 Å². The van der Waals surface area contributed by atoms with Crippen LogP contribution in [-0.4, -0.2) is 55.7 Å². The summed E-state index contributed by atoms with van der Waals surface area (Å²) in [6.07, 6.45) is 3.18. The largest absolute Gasteiger partial charge is 0.366 e. The van der Waals surface area contributed by atoms with Crippen molar-refractivity contribution >= 4 is 16.9 Å². The van der Waals surface area contributed by atoms with Gasteiger partial charge in [0.25, 0.3) is 5.91 Å². The summed E-state index contributed by atoms with van der Waals surface area (Å²) < 4.78 is 5.77. The molecule has 0 saturated carbocycles. The molecule has 1 aliphatic heterocycles. The second kappa shape index (κ2) is 6.64. The third-order valence-corrected chi connectivity index (χ3v) is 4.34. The van der Waals surface area contributed by atoms with Gasteiger partial charge in [-0.2, -0.15) is 5.10 Å². The molecule has 25 heavy (non-hydrogen) atoms. The minimum atomic E-state index is -0.296. The summed E-state index contributed by atoms with van der Waals surface area (Å²) >= 11 is 0. The Hall–Kier alpha value is -2.74. The number of carbonyl (C=O) groups is 1. The Morgan fingerprint density at radius 3 is 3.24 bits per heavy atom. The standard InChI is InChI=1S/C17H20N6O2/c1-2-3-15-20-16(22-21-15)14-9-23(6-7-25-14)17(24)11-4-5-12-13(8-11)19-10-18-12/h4-5,8,10,14H,2-3,6-7,9H2,1H3,(H,18,19)(H,20,21,22)/t14-/m1/s1. The summed E-state index contributed by atoms with van der Waals surface area (Å²) in [6, 6.07) is 5.49. The quantitative estimate of drug-likeness (QED) is 0.755. The number of aromatic nitrogens is 5. The SMILES string of the molecule is CCCc1nc([C@H]2CN(C(=O)c3ccc4nc[nH]c4c3)CCO2)n[nH]1. The molecule has 2 N–H and O–H groups in total. The topological polar surface area (TPSA) is 99.8 Å². The minimum absolute atomic E-state index is 0.0193. The van der Waals surface area contributed by atoms with Gasteiger partial charge in [-0.15, -0.1) is 0 Å². The van der Waals surface area contributed by atoms with Crippen LogP contribution in [0.25, 0.3) is 11.0 Å². The maximum Gasteiger partial charge on any atom is 0.254 e. The van der Waals surface area contributed by atoms with E-state index in [0.29, 0.717) is 31.1 Å². The van der Waals surface area contributed by atoms with Crippen LogP contribution in [0.15, 0.2) is 24.5 Å². The van der Waals surface area contributed by atoms with Crippen molar-refractivity contribution in [3.63, 3.8) is 0 Å². The third-order valence-electron chi connectivity index (χ3n) is 4.34. The predicted molar refractivity (Wildman–Crippen MR) is 91.1 cm³/mol. The fourth-order valence-electron chi connectivity index (χ4n) is 3.04. The number of benzene rings is 1. The molecule has 8 heteroatoms. The lowest BCUT2D eigenvalue weighted by molar-refractivity contribution is -0.0266. The van der Waals surface area contributed by atoms with E-state index in [1.165, 1.54) is 0 Å². The highest BCUT2D eigenvalue weighted by atomic mass is 16.5. The average Bonchev–Trinajstić information content (AvgIpc) is 3.30. The maximum atomic E-state index is 12.8. The summed E-state index contributed by atoms with van der Waals surface area (Å²) in [6.45, 7) is 3.57. The summed E-state index contributed by atoms with van der Waals surface area (Å²) in [5.41, 5.74) is 2.34. The van der Waals surface area contributed by atoms with Crippen molar-refractivity contribution < 1.29 is 9.53 Å². The Morgan fingerprint density at radius 2 is 2.36 bits per heavy atom. The van der Waals surface area contributed by atoms with Crippen LogP contribution in [0.2, 0.25) is 0 Å². The van der Waals surface area contributed by atoms with Crippen LogP contribution in [-0.2, 0) is 11.2 Å². The first kappa shape index (κ1) is 15.8. The Morgan fingerprint density at radius 1 is 1.44 bits per heavy atom. The minimum Gasteiger partial charge on any atom is -0.366 e. The third kappa shape index (κ3) is 3.12. The van der Waals surface area contributed by atoms with Crippen LogP contribution >= 0.6 is 0 Å². The molecule has 1 amide bonds. The van der Waals surface area contributed by atoms with Crippen LogP contribution < -0.4 is 0 Å². The van der Waals surface area contributed by atoms with Gasteiger partial charge in [0.2, 0.25) is 0 Å². The van der Waals surface area contributed by atoms with Gasteiger partial charge in [0, 0.05) is 18.5 Å². The van der Waals surface area contributed by atoms with E-state index in [0.717, 1.165) is 29.7 Å². The predicted octanol–water partition coefficient (Wildman–Crippen LogP) is 1.85. The molecule has 0 unspecified atom stereocenters. The number of fused-ring (bicyclic) bond motifs is 1. The van der Waals surface area contributed by atoms with Crippen molar-refractivity contribution in [2.45, 2.75) is 25.9 Å². The van der Waals surface area contributed by atoms with Crippen LogP contribution in [0.4, 0.5) is 0 Å². The number of imidazole rings is 1. The molecule has 3 heterocycles. The first-order chi connectivity index (χ1) is 12.2. The number of nitrogens with one attached hydrogen (secondary N) is 2. The lowest BCUT2D eigenvalue weighted by Crippen LogP contribution is -2.42. The number of carbonyl (C=O) groups excluding carboxylic acids is 1. The highest BCUT2D eigenvalue weighted by Gasteiger charge is 2.28. The zero-order valence-electron chi connectivity index (χ0n) is 14.0. The van der Waals surface area contributed by atoms with E-state index >= 15 is 0 Å². The number of ether oxygens (including phenoxy) is 1. The lowest BCUT2D eigenvalue weighted by atomic mass is 10.1. The van der Waals surface area contributed by atoms with Gasteiger partial charge in [-0.25, -0.2) is 9.97 Å². The van der Waals surface area contributed by atoms with Crippen molar-refractivity contribution in [1.82, 2.24) is 30.0 Å². The molecule has 0 aliphatic carbocycles. The molecule has 1 aliphatic rings. The smallest absolute Gasteiger partial charge is 0.254 e. The molecule has 1 fully saturated rings. The number of nitrogens with zero attached hydrogens (tertiary/aromatic N) is 4. The van der Waals surface area contributed by atoms with E-state index in [4.69, 9.17) is 4.74 Å². The molecule has 1 atom stereocenters. The van der Waals surface area contributed by atoms with Crippen molar-refractivity contribution in [2.75, 3.05) is 19.7 Å². The fourth-order valence-corrected chi connectivity index (χ4v) is 3.04. The summed E-state index contributed by atoms with van der Waals surface area (Å²) in [7, 11) is 0. The van der Waals surface area contributed by atoms with Gasteiger partial charge >= 0.3 is 0 Å². The molecule has 0 spiro atoms. The van der Waals surface area contributed by atoms with Crippen molar-refractivity contribution in [3.05, 3.63) is 41.7 Å². The van der Waals surface area contributed by atoms with Gasteiger partial charge in [-0.1, -0.05) is 6.92 Å². The van der Waals surface area contributed by atoms with Crippen molar-refractivity contribution in [2.24, 2.45) is 0 Å². The van der Waals surface area contributed by atoms with Gasteiger partial charge in [-0.3, -0.25) is 9.89 Å². The van der Waals surface area contributed by atoms with E-state index in [-0.39, 0.29) is 12.0 Å². The number of aryl methyl sites for hydroxylation is 1. The Kier molecular flexibility index (Phi) is 4.19. The Balaban J connectivity index is 1.50. The van der Waals surface area contributed by atoms with Crippen LogP contribution in [0.5, 0.6) is 0 Å². The molecule has 2 aromatic heterocycles. The first-order valence-electron chi connectivity index (χ1n) is 8.50. The van der Waals surface area contributed by atoms with Crippen LogP contribution in [0.1, 0.15) is 41.5 Å². The fraction of sp³-hybridized carbons (Fsp3) is 0.412. The average molecular weight is 340 g/mol. The molecule has 130 valence electrons. The number of hydrogen-bond acceptors (Lipinski definition) is 5. The van der Waals surface area contributed by atoms with E-state index in [9.17, 15) is 4.79 Å². The number of rotatable bonds is 4. The molecular formula is C17H20N6O2. The van der Waals surface area contributed by atoms with Crippen molar-refractivity contribution in [3.8, 4) is 0 Å². The number of aromatic amines is 2. The van der Waals surface area contributed by atoms with Crippen LogP contribution in [0, 0.1) is 0 Å². The van der Waals surface area contributed by atoms with E-state index in [1.54, 1.807) is 11.2 Å². The molecule has 8 nitrogen and oxygen atoms in total. The van der Waals surface area contributed by atoms with Crippen LogP contribution in [0.3, 0.4) is 0 Å². The highest BCUT2D eigenvalue weighted by Crippen LogP contribution is 2.22. The van der Waals surface area contributed by atoms with Gasteiger partial charge < -0.3 is 14.6 Å². The Bertz CT molecular complexity index is 886. The molecule has 1 saturated heterocycles. The Labute approximate surface area is 144 Å². The molecule has 0 bridgehead atoms. The number of morpholine rings is 1. The second-order valence-electron chi connectivity index (χ2n) is 6.14. The zero-order chi connectivity index (χ0) is 17.2. The first-order valence-corrected chi connectivity index (χ1v) is 8.50. The van der Waals surface area contributed by atoms with Gasteiger partial charge in [-0.05, 0) is 24.6 Å². The molecule has 4 rings (SSSR count). The highest BCUT2D eigenvalue weighted by molar-refractivity contribution is 5.97. The number of H-pyrrole nitrogens is 2. The van der Waals surface area contributed by atoms with E-state index in [2.05, 4.69) is 32.1 Å². The van der Waals surface area contributed by atoms with E-state index in [1.807, 2.05) is 18.2 Å². The number of hydrogen-bond donors (Lipinski definition) is 2.